The number of aliphatic hydroxyl groups excluding tert-OH is 1. The molecule has 0 aliphatic heterocycles. The summed E-state index contributed by atoms with van der Waals surface area (Å²) >= 11 is 0. The van der Waals surface area contributed by atoms with Gasteiger partial charge in [-0.05, 0) is 55.7 Å². The minimum absolute atomic E-state index is 0. The van der Waals surface area contributed by atoms with Gasteiger partial charge in [0, 0.05) is 49.4 Å². The first kappa shape index (κ1) is 33.6. The van der Waals surface area contributed by atoms with Gasteiger partial charge in [0.15, 0.2) is 5.78 Å². The number of aryl methyl sites for hydroxylation is 1. The van der Waals surface area contributed by atoms with Gasteiger partial charge < -0.3 is 5.11 Å². The third kappa shape index (κ3) is 7.74. The summed E-state index contributed by atoms with van der Waals surface area (Å²) in [6.07, 6.45) is 10.4. The first-order valence-electron chi connectivity index (χ1n) is 14.8. The van der Waals surface area contributed by atoms with E-state index in [1.807, 2.05) is 13.0 Å². The number of benzene rings is 3. The molecule has 0 saturated heterocycles. The minimum atomic E-state index is 0. The van der Waals surface area contributed by atoms with Gasteiger partial charge in [-0.15, -0.1) is 29.1 Å². The average Bonchev–Trinajstić information content (AvgIpc) is 3.67. The molecule has 1 aromatic heterocycles. The second kappa shape index (κ2) is 14.5. The van der Waals surface area contributed by atoms with Crippen LogP contribution in [0, 0.1) is 24.8 Å². The van der Waals surface area contributed by atoms with Crippen molar-refractivity contribution in [2.24, 2.45) is 11.8 Å². The molecule has 2 saturated carbocycles. The van der Waals surface area contributed by atoms with Gasteiger partial charge in [-0.1, -0.05) is 89.6 Å². The number of rotatable bonds is 4. The topological polar surface area (TPSA) is 63.1 Å². The van der Waals surface area contributed by atoms with Crippen LogP contribution in [0.3, 0.4) is 0 Å². The van der Waals surface area contributed by atoms with E-state index < -0.39 is 0 Å². The van der Waals surface area contributed by atoms with E-state index in [2.05, 4.69) is 75.4 Å². The molecular weight excluding hydrogens is 697 g/mol. The van der Waals surface area contributed by atoms with Crippen molar-refractivity contribution >= 4 is 27.6 Å². The van der Waals surface area contributed by atoms with Crippen LogP contribution in [0.2, 0.25) is 0 Å². The van der Waals surface area contributed by atoms with Crippen molar-refractivity contribution in [2.45, 2.75) is 91.9 Å². The molecule has 6 rings (SSSR count). The molecule has 0 atom stereocenters. The van der Waals surface area contributed by atoms with Crippen LogP contribution in [0.15, 0.2) is 66.4 Å². The van der Waals surface area contributed by atoms with Crippen molar-refractivity contribution in [1.82, 2.24) is 9.97 Å². The number of aliphatic hydroxyl groups is 1. The van der Waals surface area contributed by atoms with Crippen LogP contribution >= 0.6 is 0 Å². The number of carbonyl (C=O) groups is 1. The van der Waals surface area contributed by atoms with E-state index in [9.17, 15) is 9.90 Å². The molecule has 0 bridgehead atoms. The van der Waals surface area contributed by atoms with Crippen LogP contribution in [0.5, 0.6) is 0 Å². The second-order valence-electron chi connectivity index (χ2n) is 12.5. The van der Waals surface area contributed by atoms with Crippen molar-refractivity contribution < 1.29 is 30.0 Å². The van der Waals surface area contributed by atoms with Crippen LogP contribution in [-0.2, 0) is 30.3 Å². The molecule has 0 amide bonds. The maximum atomic E-state index is 11.8. The molecule has 1 N–H and O–H groups in total. The first-order chi connectivity index (χ1) is 19.2. The summed E-state index contributed by atoms with van der Waals surface area (Å²) < 4.78 is 0. The van der Waals surface area contributed by atoms with E-state index in [4.69, 9.17) is 9.97 Å². The summed E-state index contributed by atoms with van der Waals surface area (Å²) in [5.41, 5.74) is 6.12. The zero-order chi connectivity index (χ0) is 28.3. The minimum Gasteiger partial charge on any atom is -0.512 e. The summed E-state index contributed by atoms with van der Waals surface area (Å²) in [5.74, 6) is 0.991. The van der Waals surface area contributed by atoms with Gasteiger partial charge >= 0.3 is 0 Å². The quantitative estimate of drug-likeness (QED) is 0.129. The zero-order valence-corrected chi connectivity index (χ0v) is 27.1. The predicted octanol–water partition coefficient (Wildman–Crippen LogP) is 9.87. The molecule has 0 spiro atoms. The Kier molecular flexibility index (Phi) is 11.6. The number of allylic oxidation sites excluding steroid dienone is 2. The molecular formula is C37H45IrN2O2-. The van der Waals surface area contributed by atoms with Gasteiger partial charge in [-0.2, -0.15) is 0 Å². The van der Waals surface area contributed by atoms with Crippen molar-refractivity contribution in [1.29, 1.82) is 0 Å². The van der Waals surface area contributed by atoms with Crippen molar-refractivity contribution in [2.75, 3.05) is 0 Å². The summed E-state index contributed by atoms with van der Waals surface area (Å²) in [4.78, 5) is 21.6. The Balaban J connectivity index is 0.000000246. The number of aromatic nitrogens is 2. The number of nitrogens with zero attached hydrogens (tertiary/aromatic N) is 2. The molecule has 2 aliphatic rings. The fraction of sp³-hybridized carbons (Fsp3) is 0.432. The molecule has 1 radical (unpaired) electrons. The molecule has 2 fully saturated rings. The largest absolute Gasteiger partial charge is 0.512 e. The fourth-order valence-corrected chi connectivity index (χ4v) is 6.02. The average molecular weight is 742 g/mol. The number of hydrogen-bond donors (Lipinski definition) is 1. The Labute approximate surface area is 265 Å². The zero-order valence-electron chi connectivity index (χ0n) is 24.7. The third-order valence-corrected chi connectivity index (χ3v) is 8.48. The van der Waals surface area contributed by atoms with E-state index in [1.54, 1.807) is 0 Å². The summed E-state index contributed by atoms with van der Waals surface area (Å²) in [6.45, 7) is 8.68. The Morgan fingerprint density at radius 1 is 0.905 bits per heavy atom. The van der Waals surface area contributed by atoms with Crippen LogP contribution in [0.4, 0.5) is 0 Å². The number of carbonyl (C=O) groups excluding carboxylic acids is 1. The summed E-state index contributed by atoms with van der Waals surface area (Å²) in [5, 5.41) is 12.2. The van der Waals surface area contributed by atoms with Crippen LogP contribution < -0.4 is 0 Å². The van der Waals surface area contributed by atoms with Gasteiger partial charge in [-0.3, -0.25) is 14.8 Å². The van der Waals surface area contributed by atoms with Crippen molar-refractivity contribution in [3.8, 4) is 11.3 Å². The second-order valence-corrected chi connectivity index (χ2v) is 12.5. The normalized spacial score (nSPS) is 16.0. The smallest absolute Gasteiger partial charge is 0.162 e. The van der Waals surface area contributed by atoms with Crippen molar-refractivity contribution in [3.05, 3.63) is 83.8 Å². The van der Waals surface area contributed by atoms with Gasteiger partial charge in [-0.25, -0.2) is 0 Å². The van der Waals surface area contributed by atoms with Gasteiger partial charge in [0.05, 0.1) is 16.8 Å². The molecule has 3 aromatic carbocycles. The van der Waals surface area contributed by atoms with E-state index in [0.717, 1.165) is 59.1 Å². The van der Waals surface area contributed by atoms with E-state index in [0.29, 0.717) is 5.76 Å². The predicted molar refractivity (Wildman–Crippen MR) is 171 cm³/mol. The Morgan fingerprint density at radius 2 is 1.55 bits per heavy atom. The van der Waals surface area contributed by atoms with E-state index in [-0.39, 0.29) is 50.6 Å². The first-order valence-corrected chi connectivity index (χ1v) is 14.8. The molecule has 0 unspecified atom stereocenters. The molecule has 5 heteroatoms. The number of fused-ring (bicyclic) bond motifs is 2. The van der Waals surface area contributed by atoms with Gasteiger partial charge in [0.2, 0.25) is 0 Å². The van der Waals surface area contributed by atoms with Crippen LogP contribution in [0.25, 0.3) is 33.1 Å². The fourth-order valence-electron chi connectivity index (χ4n) is 6.02. The molecule has 4 nitrogen and oxygen atoms in total. The third-order valence-electron chi connectivity index (χ3n) is 8.48. The SMILES string of the molecule is C.Cc1nc2cc(C(C)(C)C)ccc2nc1-c1[c-]ccc2ccccc12.O=C(C=C(O)C1CCCC1)C1CCCC1.[Ir]. The molecule has 2 aliphatic carbocycles. The summed E-state index contributed by atoms with van der Waals surface area (Å²) in [7, 11) is 0. The van der Waals surface area contributed by atoms with Crippen molar-refractivity contribution in [3.63, 3.8) is 0 Å². The van der Waals surface area contributed by atoms with E-state index in [1.165, 1.54) is 42.7 Å². The number of ketones is 1. The van der Waals surface area contributed by atoms with Crippen LogP contribution in [0.1, 0.15) is 90.8 Å². The van der Waals surface area contributed by atoms with Crippen LogP contribution in [-0.4, -0.2) is 20.9 Å². The maximum absolute atomic E-state index is 11.8. The monoisotopic (exact) mass is 742 g/mol. The molecule has 1 heterocycles. The Hall–Kier alpha value is -2.88. The van der Waals surface area contributed by atoms with E-state index >= 15 is 0 Å². The van der Waals surface area contributed by atoms with Gasteiger partial charge in [0.1, 0.15) is 0 Å². The molecule has 4 aromatic rings. The van der Waals surface area contributed by atoms with Gasteiger partial charge in [0.25, 0.3) is 0 Å². The molecule has 225 valence electrons. The Morgan fingerprint density at radius 3 is 2.21 bits per heavy atom. The Bertz CT molecular complexity index is 1540. The molecule has 42 heavy (non-hydrogen) atoms. The standard InChI is InChI=1S/C23H21N2.C13H20O2.CH4.Ir/c1-15-22(19-11-7-9-16-8-5-6-10-18(16)19)25-20-13-12-17(23(2,3)4)14-21(20)24-15;14-12(10-5-1-2-6-10)9-13(15)11-7-3-4-8-11;;/h5-10,12-14H,1-4H3;9-11,14H,1-8H2;1H4;/q-1;;;. The maximum Gasteiger partial charge on any atom is 0.162 e. The number of hydrogen-bond acceptors (Lipinski definition) is 4. The summed E-state index contributed by atoms with van der Waals surface area (Å²) in [6, 6.07) is 22.2.